The van der Waals surface area contributed by atoms with Gasteiger partial charge in [0.05, 0.1) is 17.3 Å². The first-order chi connectivity index (χ1) is 14.8. The summed E-state index contributed by atoms with van der Waals surface area (Å²) in [6.07, 6.45) is 2.43. The fourth-order valence-electron chi connectivity index (χ4n) is 4.61. The number of hydrogen-bond donors (Lipinski definition) is 0. The molecule has 0 saturated carbocycles. The minimum absolute atomic E-state index is 0.158. The molecule has 2 unspecified atom stereocenters. The van der Waals surface area contributed by atoms with E-state index in [0.717, 1.165) is 40.8 Å². The monoisotopic (exact) mass is 436 g/mol. The summed E-state index contributed by atoms with van der Waals surface area (Å²) in [5, 5.41) is 1.56. The van der Waals surface area contributed by atoms with Crippen LogP contribution in [0.4, 0.5) is 10.5 Å². The highest BCUT2D eigenvalue weighted by Gasteiger charge is 2.47. The smallest absolute Gasteiger partial charge is 0.410 e. The van der Waals surface area contributed by atoms with Gasteiger partial charge in [-0.25, -0.2) is 14.8 Å². The summed E-state index contributed by atoms with van der Waals surface area (Å²) in [4.78, 5) is 25.9. The van der Waals surface area contributed by atoms with Crippen molar-refractivity contribution in [3.8, 4) is 11.3 Å². The fourth-order valence-corrected chi connectivity index (χ4v) is 4.78. The molecule has 2 aromatic heterocycles. The SMILES string of the molecule is CC(C)(C)OC(=O)N1CC2CC1CN2c1cc(-c2ccnc(Cl)c2)nc2ccccc12. The van der Waals surface area contributed by atoms with E-state index in [4.69, 9.17) is 21.3 Å². The summed E-state index contributed by atoms with van der Waals surface area (Å²) >= 11 is 6.12. The lowest BCUT2D eigenvalue weighted by Crippen LogP contribution is -2.50. The van der Waals surface area contributed by atoms with Gasteiger partial charge in [0.25, 0.3) is 0 Å². The van der Waals surface area contributed by atoms with E-state index in [0.29, 0.717) is 11.7 Å². The van der Waals surface area contributed by atoms with Crippen molar-refractivity contribution in [1.82, 2.24) is 14.9 Å². The van der Waals surface area contributed by atoms with E-state index in [-0.39, 0.29) is 18.2 Å². The number of benzene rings is 1. The second kappa shape index (κ2) is 7.38. The summed E-state index contributed by atoms with van der Waals surface area (Å²) in [7, 11) is 0. The Balaban J connectivity index is 1.48. The highest BCUT2D eigenvalue weighted by molar-refractivity contribution is 6.29. The lowest BCUT2D eigenvalue weighted by atomic mass is 10.1. The third-order valence-corrected chi connectivity index (χ3v) is 6.10. The second-order valence-corrected chi connectivity index (χ2v) is 9.63. The van der Waals surface area contributed by atoms with E-state index in [9.17, 15) is 4.79 Å². The molecule has 6 nitrogen and oxygen atoms in total. The van der Waals surface area contributed by atoms with Gasteiger partial charge in [0.15, 0.2) is 0 Å². The van der Waals surface area contributed by atoms with Crippen LogP contribution < -0.4 is 4.90 Å². The number of amides is 1. The topological polar surface area (TPSA) is 58.6 Å². The van der Waals surface area contributed by atoms with Crippen LogP contribution in [0.5, 0.6) is 0 Å². The molecule has 2 aliphatic rings. The average Bonchev–Trinajstić information content (AvgIpc) is 3.33. The largest absolute Gasteiger partial charge is 0.444 e. The molecule has 160 valence electrons. The number of rotatable bonds is 2. The first-order valence-electron chi connectivity index (χ1n) is 10.6. The van der Waals surface area contributed by atoms with Gasteiger partial charge in [-0.1, -0.05) is 29.8 Å². The number of pyridine rings is 2. The Hall–Kier alpha value is -2.86. The fraction of sp³-hybridized carbons (Fsp3) is 0.375. The molecule has 0 N–H and O–H groups in total. The number of fused-ring (bicyclic) bond motifs is 3. The van der Waals surface area contributed by atoms with Crippen LogP contribution in [-0.2, 0) is 4.74 Å². The molecule has 1 amide bonds. The number of ether oxygens (including phenoxy) is 1. The Morgan fingerprint density at radius 2 is 1.94 bits per heavy atom. The van der Waals surface area contributed by atoms with Crippen LogP contribution in [0.3, 0.4) is 0 Å². The molecule has 5 rings (SSSR count). The minimum Gasteiger partial charge on any atom is -0.444 e. The number of nitrogens with zero attached hydrogens (tertiary/aromatic N) is 4. The molecule has 2 atom stereocenters. The Morgan fingerprint density at radius 3 is 2.65 bits per heavy atom. The number of hydrogen-bond acceptors (Lipinski definition) is 5. The van der Waals surface area contributed by atoms with E-state index in [2.05, 4.69) is 22.0 Å². The molecule has 3 aromatic rings. The Labute approximate surface area is 186 Å². The molecule has 0 radical (unpaired) electrons. The zero-order chi connectivity index (χ0) is 21.8. The van der Waals surface area contributed by atoms with Crippen molar-refractivity contribution in [3.63, 3.8) is 0 Å². The van der Waals surface area contributed by atoms with Crippen LogP contribution in [0.25, 0.3) is 22.2 Å². The van der Waals surface area contributed by atoms with E-state index < -0.39 is 5.60 Å². The zero-order valence-electron chi connectivity index (χ0n) is 17.9. The summed E-state index contributed by atoms with van der Waals surface area (Å²) < 4.78 is 5.61. The third kappa shape index (κ3) is 3.81. The van der Waals surface area contributed by atoms with Crippen molar-refractivity contribution < 1.29 is 9.53 Å². The number of aromatic nitrogens is 2. The van der Waals surface area contributed by atoms with E-state index in [1.165, 1.54) is 0 Å². The number of carbonyl (C=O) groups excluding carboxylic acids is 1. The summed E-state index contributed by atoms with van der Waals surface area (Å²) in [6, 6.07) is 14.5. The normalized spacial score (nSPS) is 20.5. The zero-order valence-corrected chi connectivity index (χ0v) is 18.6. The van der Waals surface area contributed by atoms with Crippen molar-refractivity contribution in [3.05, 3.63) is 53.8 Å². The Kier molecular flexibility index (Phi) is 4.77. The molecule has 1 aromatic carbocycles. The van der Waals surface area contributed by atoms with Gasteiger partial charge in [-0.05, 0) is 51.5 Å². The van der Waals surface area contributed by atoms with Crippen molar-refractivity contribution in [2.45, 2.75) is 44.9 Å². The standard InChI is InChI=1S/C24H25ClN4O2/c1-24(2,3)31-23(30)29-14-16-11-17(29)13-28(16)21-12-20(15-8-9-26-22(25)10-15)27-19-7-5-4-6-18(19)21/h4-10,12,16-17H,11,13-14H2,1-3H3. The molecule has 4 heterocycles. The molecule has 2 aliphatic heterocycles. The van der Waals surface area contributed by atoms with E-state index >= 15 is 0 Å². The van der Waals surface area contributed by atoms with Crippen LogP contribution in [-0.4, -0.2) is 51.7 Å². The van der Waals surface area contributed by atoms with Gasteiger partial charge in [-0.15, -0.1) is 0 Å². The molecule has 7 heteroatoms. The molecular weight excluding hydrogens is 412 g/mol. The van der Waals surface area contributed by atoms with Crippen LogP contribution in [0, 0.1) is 0 Å². The van der Waals surface area contributed by atoms with Crippen LogP contribution in [0.2, 0.25) is 5.15 Å². The van der Waals surface area contributed by atoms with E-state index in [1.807, 2.05) is 56.0 Å². The molecular formula is C24H25ClN4O2. The number of anilines is 1. The molecule has 2 saturated heterocycles. The van der Waals surface area contributed by atoms with Gasteiger partial charge in [0, 0.05) is 42.0 Å². The summed E-state index contributed by atoms with van der Waals surface area (Å²) in [5.74, 6) is 0. The summed E-state index contributed by atoms with van der Waals surface area (Å²) in [5.41, 5.74) is 3.40. The number of likely N-dealkylation sites (tertiary alicyclic amines) is 1. The van der Waals surface area contributed by atoms with Crippen LogP contribution >= 0.6 is 11.6 Å². The van der Waals surface area contributed by atoms with Gasteiger partial charge in [0.2, 0.25) is 0 Å². The third-order valence-electron chi connectivity index (χ3n) is 5.89. The molecule has 31 heavy (non-hydrogen) atoms. The predicted octanol–water partition coefficient (Wildman–Crippen LogP) is 5.15. The van der Waals surface area contributed by atoms with Gasteiger partial charge in [-0.3, -0.25) is 0 Å². The summed E-state index contributed by atoms with van der Waals surface area (Å²) in [6.45, 7) is 7.17. The van der Waals surface area contributed by atoms with Gasteiger partial charge < -0.3 is 14.5 Å². The maximum atomic E-state index is 12.6. The lowest BCUT2D eigenvalue weighted by Gasteiger charge is -2.36. The van der Waals surface area contributed by atoms with Crippen LogP contribution in [0.15, 0.2) is 48.7 Å². The van der Waals surface area contributed by atoms with Gasteiger partial charge >= 0.3 is 6.09 Å². The number of carbonyl (C=O) groups is 1. The number of halogens is 1. The highest BCUT2D eigenvalue weighted by Crippen LogP contribution is 2.39. The molecule has 0 spiro atoms. The van der Waals surface area contributed by atoms with Crippen molar-refractivity contribution >= 4 is 34.3 Å². The first-order valence-corrected chi connectivity index (χ1v) is 10.9. The number of para-hydroxylation sites is 1. The lowest BCUT2D eigenvalue weighted by molar-refractivity contribution is 0.0215. The van der Waals surface area contributed by atoms with Crippen molar-refractivity contribution in [2.24, 2.45) is 0 Å². The maximum absolute atomic E-state index is 12.6. The average molecular weight is 437 g/mol. The predicted molar refractivity (Wildman–Crippen MR) is 122 cm³/mol. The van der Waals surface area contributed by atoms with E-state index in [1.54, 1.807) is 6.20 Å². The van der Waals surface area contributed by atoms with Gasteiger partial charge in [-0.2, -0.15) is 0 Å². The second-order valence-electron chi connectivity index (χ2n) is 9.24. The number of piperazine rings is 1. The maximum Gasteiger partial charge on any atom is 0.410 e. The Bertz CT molecular complexity index is 1160. The van der Waals surface area contributed by atoms with Gasteiger partial charge in [0.1, 0.15) is 10.8 Å². The Morgan fingerprint density at radius 1 is 1.13 bits per heavy atom. The van der Waals surface area contributed by atoms with Crippen LogP contribution in [0.1, 0.15) is 27.2 Å². The minimum atomic E-state index is -0.485. The van der Waals surface area contributed by atoms with Crippen molar-refractivity contribution in [2.75, 3.05) is 18.0 Å². The quantitative estimate of drug-likeness (QED) is 0.520. The molecule has 2 bridgehead atoms. The molecule has 2 fully saturated rings. The highest BCUT2D eigenvalue weighted by atomic mass is 35.5. The molecule has 0 aliphatic carbocycles. The van der Waals surface area contributed by atoms with Crippen molar-refractivity contribution in [1.29, 1.82) is 0 Å². The first kappa shape index (κ1) is 20.1.